The van der Waals surface area contributed by atoms with Gasteiger partial charge in [-0.15, -0.1) is 0 Å². The molecule has 1 aromatic carbocycles. The number of non-ortho nitro benzene ring substituents is 1. The fourth-order valence-electron chi connectivity index (χ4n) is 2.49. The van der Waals surface area contributed by atoms with E-state index in [0.29, 0.717) is 18.5 Å². The highest BCUT2D eigenvalue weighted by Gasteiger charge is 2.35. The average Bonchev–Trinajstić information content (AvgIpc) is 2.89. The van der Waals surface area contributed by atoms with Crippen molar-refractivity contribution in [2.75, 3.05) is 13.1 Å². The largest absolute Gasteiger partial charge is 0.393 e. The van der Waals surface area contributed by atoms with Crippen LogP contribution in [0, 0.1) is 23.0 Å². The van der Waals surface area contributed by atoms with E-state index in [-0.39, 0.29) is 23.0 Å². The Labute approximate surface area is 123 Å². The minimum Gasteiger partial charge on any atom is -0.393 e. The van der Waals surface area contributed by atoms with Gasteiger partial charge in [-0.25, -0.2) is 8.42 Å². The first kappa shape index (κ1) is 15.9. The fraction of sp³-hybridized carbons (Fsp3) is 0.538. The average molecular weight is 314 g/mol. The molecule has 1 aliphatic heterocycles. The predicted octanol–water partition coefficient (Wildman–Crippen LogP) is 1.29. The highest BCUT2D eigenvalue weighted by molar-refractivity contribution is 7.89. The number of aliphatic hydroxyl groups is 1. The molecule has 8 heteroatoms. The number of rotatable bonds is 4. The van der Waals surface area contributed by atoms with Gasteiger partial charge in [-0.3, -0.25) is 10.1 Å². The molecule has 0 saturated carbocycles. The van der Waals surface area contributed by atoms with Gasteiger partial charge in [0, 0.05) is 25.2 Å². The van der Waals surface area contributed by atoms with Crippen LogP contribution in [-0.4, -0.2) is 41.9 Å². The summed E-state index contributed by atoms with van der Waals surface area (Å²) in [5, 5.41) is 20.4. The van der Waals surface area contributed by atoms with Gasteiger partial charge in [0.15, 0.2) is 0 Å². The van der Waals surface area contributed by atoms with Gasteiger partial charge < -0.3 is 5.11 Å². The van der Waals surface area contributed by atoms with Crippen molar-refractivity contribution in [2.45, 2.75) is 31.3 Å². The van der Waals surface area contributed by atoms with E-state index >= 15 is 0 Å². The lowest BCUT2D eigenvalue weighted by atomic mass is 10.0. The maximum absolute atomic E-state index is 12.6. The number of nitro benzene ring substituents is 1. The van der Waals surface area contributed by atoms with Crippen LogP contribution < -0.4 is 0 Å². The van der Waals surface area contributed by atoms with Crippen molar-refractivity contribution < 1.29 is 18.4 Å². The number of sulfonamides is 1. The zero-order chi connectivity index (χ0) is 15.8. The molecule has 0 aromatic heterocycles. The molecule has 0 amide bonds. The summed E-state index contributed by atoms with van der Waals surface area (Å²) in [6.45, 7) is 3.81. The first-order chi connectivity index (χ1) is 9.73. The number of aryl methyl sites for hydroxylation is 1. The van der Waals surface area contributed by atoms with Crippen LogP contribution in [0.5, 0.6) is 0 Å². The van der Waals surface area contributed by atoms with Crippen molar-refractivity contribution in [1.82, 2.24) is 4.31 Å². The monoisotopic (exact) mass is 314 g/mol. The number of nitrogens with zero attached hydrogens (tertiary/aromatic N) is 2. The van der Waals surface area contributed by atoms with Crippen molar-refractivity contribution in [3.05, 3.63) is 33.9 Å². The summed E-state index contributed by atoms with van der Waals surface area (Å²) in [5.74, 6) is -0.0984. The van der Waals surface area contributed by atoms with E-state index in [0.717, 1.165) is 6.07 Å². The second-order valence-electron chi connectivity index (χ2n) is 5.36. The van der Waals surface area contributed by atoms with Gasteiger partial charge in [-0.1, -0.05) is 6.07 Å². The van der Waals surface area contributed by atoms with Gasteiger partial charge in [-0.2, -0.15) is 4.31 Å². The Kier molecular flexibility index (Phi) is 4.31. The molecule has 21 heavy (non-hydrogen) atoms. The molecule has 1 saturated heterocycles. The molecule has 0 radical (unpaired) electrons. The molecule has 1 N–H and O–H groups in total. The van der Waals surface area contributed by atoms with Gasteiger partial charge in [0.25, 0.3) is 5.69 Å². The van der Waals surface area contributed by atoms with Crippen molar-refractivity contribution >= 4 is 15.7 Å². The molecule has 7 nitrogen and oxygen atoms in total. The Morgan fingerprint density at radius 3 is 2.67 bits per heavy atom. The molecule has 1 heterocycles. The van der Waals surface area contributed by atoms with Gasteiger partial charge in [-0.05, 0) is 31.7 Å². The summed E-state index contributed by atoms with van der Waals surface area (Å²) in [7, 11) is -3.77. The van der Waals surface area contributed by atoms with Crippen LogP contribution >= 0.6 is 0 Å². The minimum atomic E-state index is -3.77. The smallest absolute Gasteiger partial charge is 0.270 e. The quantitative estimate of drug-likeness (QED) is 0.666. The lowest BCUT2D eigenvalue weighted by Crippen LogP contribution is -2.31. The molecule has 0 aliphatic carbocycles. The Morgan fingerprint density at radius 1 is 1.48 bits per heavy atom. The Balaban J connectivity index is 2.36. The topological polar surface area (TPSA) is 101 Å². The first-order valence-electron chi connectivity index (χ1n) is 6.66. The number of nitro groups is 1. The second-order valence-corrected chi connectivity index (χ2v) is 7.27. The lowest BCUT2D eigenvalue weighted by Gasteiger charge is -2.18. The molecular formula is C13H18N2O5S. The van der Waals surface area contributed by atoms with Crippen molar-refractivity contribution in [2.24, 2.45) is 5.92 Å². The third-order valence-corrected chi connectivity index (χ3v) is 5.88. The van der Waals surface area contributed by atoms with Crippen molar-refractivity contribution in [3.8, 4) is 0 Å². The number of benzene rings is 1. The first-order valence-corrected chi connectivity index (χ1v) is 8.10. The molecular weight excluding hydrogens is 296 g/mol. The molecule has 1 fully saturated rings. The third kappa shape index (κ3) is 3.07. The Bertz CT molecular complexity index is 657. The molecule has 2 atom stereocenters. The van der Waals surface area contributed by atoms with E-state index in [1.807, 2.05) is 0 Å². The summed E-state index contributed by atoms with van der Waals surface area (Å²) in [6.07, 6.45) is 0.0154. The predicted molar refractivity (Wildman–Crippen MR) is 76.4 cm³/mol. The molecule has 2 unspecified atom stereocenters. The fourth-order valence-corrected chi connectivity index (χ4v) is 4.24. The van der Waals surface area contributed by atoms with Crippen molar-refractivity contribution in [1.29, 1.82) is 0 Å². The maximum Gasteiger partial charge on any atom is 0.270 e. The Morgan fingerprint density at radius 2 is 2.14 bits per heavy atom. The second kappa shape index (κ2) is 5.70. The summed E-state index contributed by atoms with van der Waals surface area (Å²) in [4.78, 5) is 10.2. The van der Waals surface area contributed by atoms with Crippen LogP contribution in [0.1, 0.15) is 18.9 Å². The van der Waals surface area contributed by atoms with E-state index in [1.165, 1.54) is 16.4 Å². The normalized spacial score (nSPS) is 21.4. The molecule has 0 spiro atoms. The minimum absolute atomic E-state index is 0.0389. The van der Waals surface area contributed by atoms with Crippen LogP contribution in [-0.2, 0) is 10.0 Å². The Hall–Kier alpha value is -1.51. The molecule has 1 aromatic rings. The van der Waals surface area contributed by atoms with Crippen LogP contribution in [0.2, 0.25) is 0 Å². The van der Waals surface area contributed by atoms with Gasteiger partial charge in [0.1, 0.15) is 0 Å². The molecule has 116 valence electrons. The zero-order valence-electron chi connectivity index (χ0n) is 11.9. The zero-order valence-corrected chi connectivity index (χ0v) is 12.7. The van der Waals surface area contributed by atoms with Crippen LogP contribution in [0.3, 0.4) is 0 Å². The highest BCUT2D eigenvalue weighted by atomic mass is 32.2. The standard InChI is InChI=1S/C13H18N2O5S/c1-9-3-4-12(15(17)18)7-13(9)21(19,20)14-6-5-11(8-14)10(2)16/h3-4,7,10-11,16H,5-6,8H2,1-2H3. The van der Waals surface area contributed by atoms with Gasteiger partial charge in [0.05, 0.1) is 15.9 Å². The highest BCUT2D eigenvalue weighted by Crippen LogP contribution is 2.29. The summed E-state index contributed by atoms with van der Waals surface area (Å²) in [6, 6.07) is 3.82. The van der Waals surface area contributed by atoms with E-state index in [2.05, 4.69) is 0 Å². The SMILES string of the molecule is Cc1ccc([N+](=O)[O-])cc1S(=O)(=O)N1CCC(C(C)O)C1. The lowest BCUT2D eigenvalue weighted by molar-refractivity contribution is -0.385. The number of aliphatic hydroxyl groups excluding tert-OH is 1. The van der Waals surface area contributed by atoms with Gasteiger partial charge in [0.2, 0.25) is 10.0 Å². The summed E-state index contributed by atoms with van der Waals surface area (Å²) in [5.41, 5.74) is 0.228. The van der Waals surface area contributed by atoms with E-state index in [4.69, 9.17) is 0 Å². The number of hydrogen-bond donors (Lipinski definition) is 1. The molecule has 0 bridgehead atoms. The number of hydrogen-bond acceptors (Lipinski definition) is 5. The van der Waals surface area contributed by atoms with Crippen LogP contribution in [0.15, 0.2) is 23.1 Å². The van der Waals surface area contributed by atoms with E-state index in [1.54, 1.807) is 13.8 Å². The van der Waals surface area contributed by atoms with Gasteiger partial charge >= 0.3 is 0 Å². The van der Waals surface area contributed by atoms with Crippen LogP contribution in [0.25, 0.3) is 0 Å². The van der Waals surface area contributed by atoms with E-state index in [9.17, 15) is 23.6 Å². The molecule has 1 aliphatic rings. The van der Waals surface area contributed by atoms with Crippen molar-refractivity contribution in [3.63, 3.8) is 0 Å². The summed E-state index contributed by atoms with van der Waals surface area (Å²) < 4.78 is 26.5. The van der Waals surface area contributed by atoms with E-state index < -0.39 is 21.1 Å². The molecule has 2 rings (SSSR count). The van der Waals surface area contributed by atoms with Crippen LogP contribution in [0.4, 0.5) is 5.69 Å². The summed E-state index contributed by atoms with van der Waals surface area (Å²) >= 11 is 0. The third-order valence-electron chi connectivity index (χ3n) is 3.87. The maximum atomic E-state index is 12.6.